The van der Waals surface area contributed by atoms with Crippen LogP contribution in [0.5, 0.6) is 0 Å². The molecule has 0 spiro atoms. The second kappa shape index (κ2) is 7.88. The molecule has 2 heterocycles. The van der Waals surface area contributed by atoms with E-state index in [1.807, 2.05) is 12.4 Å². The van der Waals surface area contributed by atoms with Crippen molar-refractivity contribution in [1.29, 1.82) is 0 Å². The van der Waals surface area contributed by atoms with E-state index in [0.29, 0.717) is 12.6 Å². The van der Waals surface area contributed by atoms with Gasteiger partial charge >= 0.3 is 0 Å². The normalized spacial score (nSPS) is 20.7. The molecule has 1 aromatic heterocycles. The van der Waals surface area contributed by atoms with Crippen LogP contribution in [-0.4, -0.2) is 59.5 Å². The minimum atomic E-state index is 0.202. The lowest BCUT2D eigenvalue weighted by Crippen LogP contribution is -2.50. The molecular weight excluding hydrogens is 288 g/mol. The molecule has 1 saturated heterocycles. The quantitative estimate of drug-likeness (QED) is 0.896. The van der Waals surface area contributed by atoms with Crippen LogP contribution in [0.3, 0.4) is 0 Å². The molecule has 1 aromatic rings. The summed E-state index contributed by atoms with van der Waals surface area (Å²) < 4.78 is 0. The van der Waals surface area contributed by atoms with Gasteiger partial charge in [0.15, 0.2) is 0 Å². The number of aromatic nitrogens is 1. The van der Waals surface area contributed by atoms with Crippen LogP contribution in [0.4, 0.5) is 0 Å². The van der Waals surface area contributed by atoms with Gasteiger partial charge in [-0.25, -0.2) is 0 Å². The Morgan fingerprint density at radius 3 is 2.57 bits per heavy atom. The third kappa shape index (κ3) is 5.01. The van der Waals surface area contributed by atoms with E-state index in [2.05, 4.69) is 33.1 Å². The minimum absolute atomic E-state index is 0.202. The third-order valence-electron chi connectivity index (χ3n) is 4.89. The topological polar surface area (TPSA) is 48.5 Å². The Labute approximate surface area is 139 Å². The summed E-state index contributed by atoms with van der Waals surface area (Å²) >= 11 is 0. The van der Waals surface area contributed by atoms with Crippen molar-refractivity contribution in [2.75, 3.05) is 32.7 Å². The summed E-state index contributed by atoms with van der Waals surface area (Å²) in [5.74, 6) is 0.202. The molecule has 0 radical (unpaired) electrons. The zero-order valence-corrected chi connectivity index (χ0v) is 14.1. The predicted octanol–water partition coefficient (Wildman–Crippen LogP) is 1.57. The first-order valence-corrected chi connectivity index (χ1v) is 8.83. The van der Waals surface area contributed by atoms with E-state index in [-0.39, 0.29) is 5.91 Å². The van der Waals surface area contributed by atoms with E-state index in [1.165, 1.54) is 24.0 Å². The van der Waals surface area contributed by atoms with Gasteiger partial charge < -0.3 is 5.32 Å². The van der Waals surface area contributed by atoms with Crippen LogP contribution in [-0.2, 0) is 11.3 Å². The molecule has 1 amide bonds. The van der Waals surface area contributed by atoms with Crippen molar-refractivity contribution >= 4 is 5.91 Å². The van der Waals surface area contributed by atoms with E-state index >= 15 is 0 Å². The van der Waals surface area contributed by atoms with Crippen molar-refractivity contribution in [2.45, 2.75) is 45.2 Å². The van der Waals surface area contributed by atoms with Crippen LogP contribution < -0.4 is 5.32 Å². The fourth-order valence-corrected chi connectivity index (χ4v) is 3.61. The Hall–Kier alpha value is -1.46. The summed E-state index contributed by atoms with van der Waals surface area (Å²) in [5, 5.41) is 3.18. The first kappa shape index (κ1) is 16.4. The lowest BCUT2D eigenvalue weighted by molar-refractivity contribution is -0.123. The summed E-state index contributed by atoms with van der Waals surface area (Å²) in [4.78, 5) is 21.1. The third-order valence-corrected chi connectivity index (χ3v) is 4.89. The standard InChI is InChI=1S/C18H28N4O/c1-15-10-16(12-19-11-15)13-21-6-8-22(9-7-21)14-18(23)20-17-4-2-3-5-17/h10-12,17H,2-9,13-14H2,1H3,(H,20,23). The molecular formula is C18H28N4O. The lowest BCUT2D eigenvalue weighted by atomic mass is 10.2. The maximum absolute atomic E-state index is 12.1. The molecule has 1 aliphatic heterocycles. The number of amides is 1. The number of aryl methyl sites for hydroxylation is 1. The van der Waals surface area contributed by atoms with Crippen LogP contribution in [0.15, 0.2) is 18.5 Å². The summed E-state index contributed by atoms with van der Waals surface area (Å²) in [6, 6.07) is 2.63. The van der Waals surface area contributed by atoms with Crippen molar-refractivity contribution in [3.63, 3.8) is 0 Å². The van der Waals surface area contributed by atoms with Crippen LogP contribution in [0, 0.1) is 6.92 Å². The second-order valence-electron chi connectivity index (χ2n) is 6.97. The largest absolute Gasteiger partial charge is 0.352 e. The fraction of sp³-hybridized carbons (Fsp3) is 0.667. The van der Waals surface area contributed by atoms with E-state index < -0.39 is 0 Å². The molecule has 126 valence electrons. The Kier molecular flexibility index (Phi) is 5.62. The van der Waals surface area contributed by atoms with Gasteiger partial charge in [-0.3, -0.25) is 19.6 Å². The Morgan fingerprint density at radius 2 is 1.87 bits per heavy atom. The van der Waals surface area contributed by atoms with Gasteiger partial charge in [0.1, 0.15) is 0 Å². The fourth-order valence-electron chi connectivity index (χ4n) is 3.61. The highest BCUT2D eigenvalue weighted by Crippen LogP contribution is 2.17. The van der Waals surface area contributed by atoms with Crippen LogP contribution >= 0.6 is 0 Å². The first-order valence-electron chi connectivity index (χ1n) is 8.83. The molecule has 0 aromatic carbocycles. The van der Waals surface area contributed by atoms with E-state index in [4.69, 9.17) is 0 Å². The van der Waals surface area contributed by atoms with Crippen LogP contribution in [0.2, 0.25) is 0 Å². The van der Waals surface area contributed by atoms with Crippen LogP contribution in [0.25, 0.3) is 0 Å². The van der Waals surface area contributed by atoms with Crippen molar-refractivity contribution in [1.82, 2.24) is 20.1 Å². The van der Waals surface area contributed by atoms with Gasteiger partial charge in [0.25, 0.3) is 0 Å². The number of nitrogens with one attached hydrogen (secondary N) is 1. The van der Waals surface area contributed by atoms with Gasteiger partial charge in [-0.1, -0.05) is 18.9 Å². The zero-order valence-electron chi connectivity index (χ0n) is 14.1. The van der Waals surface area contributed by atoms with Gasteiger partial charge in [0.05, 0.1) is 6.54 Å². The molecule has 0 bridgehead atoms. The highest BCUT2D eigenvalue weighted by molar-refractivity contribution is 5.78. The van der Waals surface area contributed by atoms with E-state index in [1.54, 1.807) is 0 Å². The molecule has 0 unspecified atom stereocenters. The molecule has 2 aliphatic rings. The van der Waals surface area contributed by atoms with E-state index in [9.17, 15) is 4.79 Å². The Balaban J connectivity index is 1.38. The number of rotatable bonds is 5. The van der Waals surface area contributed by atoms with Gasteiger partial charge in [0.2, 0.25) is 5.91 Å². The van der Waals surface area contributed by atoms with Crippen molar-refractivity contribution < 1.29 is 4.79 Å². The number of carbonyl (C=O) groups excluding carboxylic acids is 1. The van der Waals surface area contributed by atoms with Gasteiger partial charge in [-0.15, -0.1) is 0 Å². The molecule has 1 saturated carbocycles. The highest BCUT2D eigenvalue weighted by Gasteiger charge is 2.21. The highest BCUT2D eigenvalue weighted by atomic mass is 16.2. The average Bonchev–Trinajstić information content (AvgIpc) is 3.02. The molecule has 2 fully saturated rings. The monoisotopic (exact) mass is 316 g/mol. The maximum Gasteiger partial charge on any atom is 0.234 e. The lowest BCUT2D eigenvalue weighted by Gasteiger charge is -2.34. The maximum atomic E-state index is 12.1. The molecule has 5 heteroatoms. The second-order valence-corrected chi connectivity index (χ2v) is 6.97. The molecule has 23 heavy (non-hydrogen) atoms. The number of pyridine rings is 1. The van der Waals surface area contributed by atoms with Gasteiger partial charge in [-0.2, -0.15) is 0 Å². The summed E-state index contributed by atoms with van der Waals surface area (Å²) in [7, 11) is 0. The average molecular weight is 316 g/mol. The van der Waals surface area contributed by atoms with Crippen molar-refractivity contribution in [3.8, 4) is 0 Å². The number of hydrogen-bond donors (Lipinski definition) is 1. The van der Waals surface area contributed by atoms with Crippen molar-refractivity contribution in [2.24, 2.45) is 0 Å². The molecule has 5 nitrogen and oxygen atoms in total. The summed E-state index contributed by atoms with van der Waals surface area (Å²) in [6.45, 7) is 7.56. The van der Waals surface area contributed by atoms with Gasteiger partial charge in [0, 0.05) is 51.2 Å². The zero-order chi connectivity index (χ0) is 16.1. The van der Waals surface area contributed by atoms with Crippen molar-refractivity contribution in [3.05, 3.63) is 29.6 Å². The number of nitrogens with zero attached hydrogens (tertiary/aromatic N) is 3. The molecule has 0 atom stereocenters. The molecule has 1 N–H and O–H groups in total. The molecule has 1 aliphatic carbocycles. The van der Waals surface area contributed by atoms with Crippen LogP contribution in [0.1, 0.15) is 36.8 Å². The number of carbonyl (C=O) groups is 1. The van der Waals surface area contributed by atoms with Gasteiger partial charge in [-0.05, 0) is 30.9 Å². The predicted molar refractivity (Wildman–Crippen MR) is 91.1 cm³/mol. The summed E-state index contributed by atoms with van der Waals surface area (Å²) in [6.07, 6.45) is 8.68. The summed E-state index contributed by atoms with van der Waals surface area (Å²) in [5.41, 5.74) is 2.49. The first-order chi connectivity index (χ1) is 11.2. The number of hydrogen-bond acceptors (Lipinski definition) is 4. The SMILES string of the molecule is Cc1cncc(CN2CCN(CC(=O)NC3CCCC3)CC2)c1. The smallest absolute Gasteiger partial charge is 0.234 e. The molecule has 3 rings (SSSR count). The minimum Gasteiger partial charge on any atom is -0.352 e. The Morgan fingerprint density at radius 1 is 1.17 bits per heavy atom. The Bertz CT molecular complexity index is 520. The van der Waals surface area contributed by atoms with E-state index in [0.717, 1.165) is 45.6 Å². The number of piperazine rings is 1.